The van der Waals surface area contributed by atoms with Crippen LogP contribution in [0, 0.1) is 5.41 Å². The van der Waals surface area contributed by atoms with Gasteiger partial charge in [0.05, 0.1) is 35.1 Å². The van der Waals surface area contributed by atoms with Crippen molar-refractivity contribution in [3.8, 4) is 0 Å². The average Bonchev–Trinajstić information content (AvgIpc) is 2.66. The molecule has 1 amide bonds. The van der Waals surface area contributed by atoms with Crippen molar-refractivity contribution in [2.24, 2.45) is 0 Å². The number of rotatable bonds is 4. The first-order valence-electron chi connectivity index (χ1n) is 10.7. The maximum atomic E-state index is 13.0. The summed E-state index contributed by atoms with van der Waals surface area (Å²) >= 11 is 0. The van der Waals surface area contributed by atoms with Gasteiger partial charge in [-0.15, -0.1) is 0 Å². The molecule has 0 unspecified atom stereocenters. The Labute approximate surface area is 185 Å². The third-order valence-corrected chi connectivity index (χ3v) is 6.73. The molecule has 1 saturated heterocycles. The molecule has 168 valence electrons. The van der Waals surface area contributed by atoms with Gasteiger partial charge >= 0.3 is 0 Å². The number of carbonyl (C=O) groups is 1. The SMILES string of the molecule is CC(O)(O)c1ccc(Nc2cccc3c2C[C@]32CC(=O)N([C@H]3C[C@@](C)(O)C3)C(=N)N2)cn1. The number of nitrogens with zero attached hydrogens (tertiary/aromatic N) is 2. The zero-order chi connectivity index (χ0) is 22.9. The van der Waals surface area contributed by atoms with E-state index in [1.54, 1.807) is 19.1 Å². The highest BCUT2D eigenvalue weighted by molar-refractivity contribution is 6.00. The van der Waals surface area contributed by atoms with Crippen molar-refractivity contribution in [1.82, 2.24) is 15.2 Å². The zero-order valence-electron chi connectivity index (χ0n) is 18.0. The fourth-order valence-electron chi connectivity index (χ4n) is 5.13. The molecule has 2 aliphatic carbocycles. The molecule has 1 aromatic carbocycles. The molecular weight excluding hydrogens is 410 g/mol. The molecule has 1 aromatic heterocycles. The molecule has 9 heteroatoms. The Morgan fingerprint density at radius 1 is 1.25 bits per heavy atom. The number of benzene rings is 1. The molecule has 0 radical (unpaired) electrons. The normalized spacial score (nSPS) is 29.2. The summed E-state index contributed by atoms with van der Waals surface area (Å²) in [5.41, 5.74) is 2.46. The van der Waals surface area contributed by atoms with Crippen LogP contribution in [0.15, 0.2) is 36.5 Å². The minimum Gasteiger partial charge on any atom is -0.390 e. The first-order valence-corrected chi connectivity index (χ1v) is 10.7. The van der Waals surface area contributed by atoms with Gasteiger partial charge in [-0.2, -0.15) is 0 Å². The third kappa shape index (κ3) is 3.33. The van der Waals surface area contributed by atoms with Crippen molar-refractivity contribution >= 4 is 23.2 Å². The molecule has 1 atom stereocenters. The van der Waals surface area contributed by atoms with Crippen molar-refractivity contribution in [3.05, 3.63) is 53.3 Å². The Morgan fingerprint density at radius 3 is 2.59 bits per heavy atom. The number of anilines is 2. The van der Waals surface area contributed by atoms with E-state index in [-0.39, 0.29) is 30.0 Å². The number of hydrogen-bond donors (Lipinski definition) is 6. The number of guanidine groups is 1. The number of hydrogen-bond acceptors (Lipinski definition) is 7. The van der Waals surface area contributed by atoms with Gasteiger partial charge in [-0.3, -0.25) is 20.1 Å². The highest BCUT2D eigenvalue weighted by atomic mass is 16.5. The largest absolute Gasteiger partial charge is 0.390 e. The molecule has 2 heterocycles. The Balaban J connectivity index is 1.33. The molecule has 2 fully saturated rings. The third-order valence-electron chi connectivity index (χ3n) is 6.73. The van der Waals surface area contributed by atoms with Crippen LogP contribution in [-0.2, 0) is 22.5 Å². The Bertz CT molecular complexity index is 1080. The molecule has 1 spiro atoms. The highest BCUT2D eigenvalue weighted by Gasteiger charge is 2.54. The summed E-state index contributed by atoms with van der Waals surface area (Å²) in [5.74, 6) is -1.98. The predicted molar refractivity (Wildman–Crippen MR) is 117 cm³/mol. The summed E-state index contributed by atoms with van der Waals surface area (Å²) in [6, 6.07) is 8.98. The number of amides is 1. The summed E-state index contributed by atoms with van der Waals surface area (Å²) in [4.78, 5) is 18.5. The maximum absolute atomic E-state index is 13.0. The van der Waals surface area contributed by atoms with Crippen molar-refractivity contribution in [3.63, 3.8) is 0 Å². The van der Waals surface area contributed by atoms with Crippen LogP contribution < -0.4 is 10.6 Å². The number of pyridine rings is 1. The number of fused-ring (bicyclic) bond motifs is 2. The van der Waals surface area contributed by atoms with Gasteiger partial charge in [-0.1, -0.05) is 12.1 Å². The van der Waals surface area contributed by atoms with Crippen molar-refractivity contribution in [2.45, 2.75) is 62.5 Å². The standard InChI is InChI=1S/C23H27N5O4/c1-21(30)8-14(9-21)28-19(29)11-23(27-20(28)24)10-15-16(23)4-3-5-17(15)26-13-6-7-18(25-12-13)22(2,31)32/h3-7,12,14,26,30-32H,8-11H2,1-2H3,(H2,24,27)/t14-,21+,23-/m0/s1. The van der Waals surface area contributed by atoms with Gasteiger partial charge in [0.15, 0.2) is 5.96 Å². The first kappa shape index (κ1) is 20.9. The van der Waals surface area contributed by atoms with Gasteiger partial charge in [0, 0.05) is 18.2 Å². The molecule has 3 aliphatic rings. The van der Waals surface area contributed by atoms with Gasteiger partial charge in [-0.25, -0.2) is 0 Å². The number of nitrogens with one attached hydrogen (secondary N) is 3. The summed E-state index contributed by atoms with van der Waals surface area (Å²) in [6.07, 6.45) is 3.38. The van der Waals surface area contributed by atoms with Crippen molar-refractivity contribution in [2.75, 3.05) is 5.32 Å². The van der Waals surface area contributed by atoms with Crippen LogP contribution >= 0.6 is 0 Å². The monoisotopic (exact) mass is 437 g/mol. The van der Waals surface area contributed by atoms with Gasteiger partial charge in [0.1, 0.15) is 0 Å². The van der Waals surface area contributed by atoms with E-state index in [1.165, 1.54) is 18.0 Å². The lowest BCUT2D eigenvalue weighted by Crippen LogP contribution is -2.69. The Kier molecular flexibility index (Phi) is 4.40. The second-order valence-corrected chi connectivity index (χ2v) is 9.64. The van der Waals surface area contributed by atoms with E-state index in [0.29, 0.717) is 24.9 Å². The van der Waals surface area contributed by atoms with Crippen LogP contribution in [0.1, 0.15) is 49.9 Å². The Morgan fingerprint density at radius 2 is 2.00 bits per heavy atom. The van der Waals surface area contributed by atoms with Gasteiger partial charge in [0.25, 0.3) is 0 Å². The van der Waals surface area contributed by atoms with Gasteiger partial charge < -0.3 is 26.0 Å². The number of aromatic nitrogens is 1. The fourth-order valence-corrected chi connectivity index (χ4v) is 5.13. The van der Waals surface area contributed by atoms with Crippen LogP contribution in [-0.4, -0.2) is 48.7 Å². The number of aliphatic hydroxyl groups is 3. The molecule has 1 saturated carbocycles. The minimum absolute atomic E-state index is 0.0888. The summed E-state index contributed by atoms with van der Waals surface area (Å²) < 4.78 is 0. The first-order chi connectivity index (χ1) is 15.0. The van der Waals surface area contributed by atoms with Gasteiger partial charge in [0.2, 0.25) is 11.7 Å². The molecule has 9 nitrogen and oxygen atoms in total. The van der Waals surface area contributed by atoms with E-state index in [2.05, 4.69) is 15.6 Å². The average molecular weight is 438 g/mol. The fraction of sp³-hybridized carbons (Fsp3) is 0.435. The second-order valence-electron chi connectivity index (χ2n) is 9.64. The molecule has 5 rings (SSSR count). The summed E-state index contributed by atoms with van der Waals surface area (Å²) in [5, 5.41) is 44.3. The van der Waals surface area contributed by atoms with E-state index in [0.717, 1.165) is 16.8 Å². The lowest BCUT2D eigenvalue weighted by Gasteiger charge is -2.54. The topological polar surface area (TPSA) is 142 Å². The maximum Gasteiger partial charge on any atom is 0.232 e. The van der Waals surface area contributed by atoms with E-state index >= 15 is 0 Å². The summed E-state index contributed by atoms with van der Waals surface area (Å²) in [6.45, 7) is 3.01. The van der Waals surface area contributed by atoms with Crippen LogP contribution in [0.4, 0.5) is 11.4 Å². The smallest absolute Gasteiger partial charge is 0.232 e. The van der Waals surface area contributed by atoms with Gasteiger partial charge in [-0.05, 0) is 56.0 Å². The van der Waals surface area contributed by atoms with Crippen LogP contribution in [0.5, 0.6) is 0 Å². The van der Waals surface area contributed by atoms with E-state index < -0.39 is 16.9 Å². The Hall–Kier alpha value is -3.01. The van der Waals surface area contributed by atoms with Crippen molar-refractivity contribution < 1.29 is 20.1 Å². The van der Waals surface area contributed by atoms with Crippen LogP contribution in [0.3, 0.4) is 0 Å². The quantitative estimate of drug-likeness (QED) is 0.397. The molecule has 2 aromatic rings. The lowest BCUT2D eigenvalue weighted by molar-refractivity contribution is -0.155. The molecule has 32 heavy (non-hydrogen) atoms. The van der Waals surface area contributed by atoms with Crippen molar-refractivity contribution in [1.29, 1.82) is 5.41 Å². The second kappa shape index (κ2) is 6.74. The predicted octanol–water partition coefficient (Wildman–Crippen LogP) is 1.40. The minimum atomic E-state index is -1.99. The molecule has 0 bridgehead atoms. The lowest BCUT2D eigenvalue weighted by atomic mass is 9.66. The molecule has 6 N–H and O–H groups in total. The van der Waals surface area contributed by atoms with E-state index in [9.17, 15) is 20.1 Å². The zero-order valence-corrected chi connectivity index (χ0v) is 18.0. The van der Waals surface area contributed by atoms with Crippen LogP contribution in [0.2, 0.25) is 0 Å². The number of carbonyl (C=O) groups excluding carboxylic acids is 1. The summed E-state index contributed by atoms with van der Waals surface area (Å²) in [7, 11) is 0. The molecular formula is C23H27N5O4. The van der Waals surface area contributed by atoms with Crippen LogP contribution in [0.25, 0.3) is 0 Å². The van der Waals surface area contributed by atoms with E-state index in [1.807, 2.05) is 18.2 Å². The molecule has 1 aliphatic heterocycles. The highest BCUT2D eigenvalue weighted by Crippen LogP contribution is 2.48. The van der Waals surface area contributed by atoms with E-state index in [4.69, 9.17) is 5.41 Å².